The van der Waals surface area contributed by atoms with E-state index in [-0.39, 0.29) is 12.1 Å². The Kier molecular flexibility index (Phi) is 6.16. The molecule has 0 saturated carbocycles. The molecule has 0 aliphatic heterocycles. The Bertz CT molecular complexity index is 335. The topological polar surface area (TPSA) is 44.5 Å². The molecule has 0 amide bonds. The van der Waals surface area contributed by atoms with Crippen molar-refractivity contribution in [2.75, 3.05) is 13.7 Å². The molecule has 3 nitrogen and oxygen atoms in total. The van der Waals surface area contributed by atoms with Crippen molar-refractivity contribution >= 4 is 0 Å². The minimum Gasteiger partial charge on any atom is -0.494 e. The first-order valence-electron chi connectivity index (χ1n) is 6.61. The summed E-state index contributed by atoms with van der Waals surface area (Å²) < 4.78 is 11.0. The number of ether oxygens (including phenoxy) is 2. The number of hydrogen-bond acceptors (Lipinski definition) is 3. The van der Waals surface area contributed by atoms with Gasteiger partial charge >= 0.3 is 0 Å². The van der Waals surface area contributed by atoms with Crippen molar-refractivity contribution in [3.8, 4) is 5.75 Å². The highest BCUT2D eigenvalue weighted by Gasteiger charge is 2.22. The molecule has 1 rings (SSSR count). The second-order valence-electron chi connectivity index (χ2n) is 4.89. The summed E-state index contributed by atoms with van der Waals surface area (Å²) >= 11 is 0. The Morgan fingerprint density at radius 2 is 1.78 bits per heavy atom. The van der Waals surface area contributed by atoms with Gasteiger partial charge in [0.05, 0.1) is 18.8 Å². The van der Waals surface area contributed by atoms with Crippen LogP contribution in [0.3, 0.4) is 0 Å². The van der Waals surface area contributed by atoms with Crippen molar-refractivity contribution in [1.29, 1.82) is 0 Å². The molecular formula is C15H25NO2. The standard InChI is InChI=1S/C15H25NO2/c1-5-10-18-13-8-6-12(7-9-13)14(16)15(17-4)11(2)3/h6-9,11,14-15H,5,10,16H2,1-4H3. The highest BCUT2D eigenvalue weighted by Crippen LogP contribution is 2.24. The van der Waals surface area contributed by atoms with Gasteiger partial charge in [0, 0.05) is 7.11 Å². The predicted molar refractivity (Wildman–Crippen MR) is 74.8 cm³/mol. The molecule has 2 N–H and O–H groups in total. The van der Waals surface area contributed by atoms with E-state index >= 15 is 0 Å². The van der Waals surface area contributed by atoms with Crippen LogP contribution in [0.15, 0.2) is 24.3 Å². The summed E-state index contributed by atoms with van der Waals surface area (Å²) in [6.07, 6.45) is 1.05. The Morgan fingerprint density at radius 3 is 2.22 bits per heavy atom. The molecule has 0 aliphatic rings. The van der Waals surface area contributed by atoms with Crippen LogP contribution in [0.2, 0.25) is 0 Å². The van der Waals surface area contributed by atoms with Crippen LogP contribution in [0.1, 0.15) is 38.8 Å². The molecule has 0 heterocycles. The van der Waals surface area contributed by atoms with Gasteiger partial charge in [-0.05, 0) is 30.0 Å². The van der Waals surface area contributed by atoms with Gasteiger partial charge in [0.2, 0.25) is 0 Å². The molecule has 1 aromatic carbocycles. The van der Waals surface area contributed by atoms with Crippen LogP contribution in [0, 0.1) is 5.92 Å². The summed E-state index contributed by atoms with van der Waals surface area (Å²) in [5, 5.41) is 0. The van der Waals surface area contributed by atoms with Gasteiger partial charge in [0.25, 0.3) is 0 Å². The Morgan fingerprint density at radius 1 is 1.17 bits per heavy atom. The summed E-state index contributed by atoms with van der Waals surface area (Å²) in [5.41, 5.74) is 7.32. The molecule has 0 spiro atoms. The zero-order chi connectivity index (χ0) is 13.5. The first kappa shape index (κ1) is 15.0. The zero-order valence-electron chi connectivity index (χ0n) is 11.8. The third-order valence-corrected chi connectivity index (χ3v) is 3.02. The summed E-state index contributed by atoms with van der Waals surface area (Å²) in [4.78, 5) is 0. The molecule has 18 heavy (non-hydrogen) atoms. The Hall–Kier alpha value is -1.06. The summed E-state index contributed by atoms with van der Waals surface area (Å²) in [5.74, 6) is 1.28. The normalized spacial score (nSPS) is 14.6. The fraction of sp³-hybridized carbons (Fsp3) is 0.600. The van der Waals surface area contributed by atoms with Crippen LogP contribution in [0.5, 0.6) is 5.75 Å². The maximum Gasteiger partial charge on any atom is 0.119 e. The van der Waals surface area contributed by atoms with E-state index in [2.05, 4.69) is 20.8 Å². The number of hydrogen-bond donors (Lipinski definition) is 1. The van der Waals surface area contributed by atoms with Gasteiger partial charge in [-0.2, -0.15) is 0 Å². The van der Waals surface area contributed by atoms with Crippen molar-refractivity contribution in [2.24, 2.45) is 11.7 Å². The maximum absolute atomic E-state index is 6.24. The molecule has 0 bridgehead atoms. The van der Waals surface area contributed by atoms with Crippen molar-refractivity contribution in [2.45, 2.75) is 39.3 Å². The first-order valence-corrected chi connectivity index (χ1v) is 6.61. The lowest BCUT2D eigenvalue weighted by Crippen LogP contribution is -2.32. The molecule has 3 heteroatoms. The number of methoxy groups -OCH3 is 1. The fourth-order valence-electron chi connectivity index (χ4n) is 2.03. The number of benzene rings is 1. The van der Waals surface area contributed by atoms with Crippen LogP contribution < -0.4 is 10.5 Å². The second-order valence-corrected chi connectivity index (χ2v) is 4.89. The van der Waals surface area contributed by atoms with E-state index in [1.54, 1.807) is 7.11 Å². The van der Waals surface area contributed by atoms with Gasteiger partial charge in [-0.25, -0.2) is 0 Å². The Balaban J connectivity index is 2.71. The van der Waals surface area contributed by atoms with Gasteiger partial charge in [-0.3, -0.25) is 0 Å². The molecule has 0 radical (unpaired) electrons. The van der Waals surface area contributed by atoms with Gasteiger partial charge < -0.3 is 15.2 Å². The van der Waals surface area contributed by atoms with Crippen molar-refractivity contribution < 1.29 is 9.47 Å². The lowest BCUT2D eigenvalue weighted by molar-refractivity contribution is 0.0437. The number of nitrogens with two attached hydrogens (primary N) is 1. The molecule has 0 aliphatic carbocycles. The van der Waals surface area contributed by atoms with Crippen LogP contribution >= 0.6 is 0 Å². The molecule has 0 fully saturated rings. The maximum atomic E-state index is 6.24. The van der Waals surface area contributed by atoms with Crippen LogP contribution in [0.25, 0.3) is 0 Å². The average molecular weight is 251 g/mol. The van der Waals surface area contributed by atoms with E-state index in [0.717, 1.165) is 24.3 Å². The van der Waals surface area contributed by atoms with E-state index in [1.807, 2.05) is 24.3 Å². The quantitative estimate of drug-likeness (QED) is 0.809. The lowest BCUT2D eigenvalue weighted by atomic mass is 9.94. The van der Waals surface area contributed by atoms with E-state index in [0.29, 0.717) is 5.92 Å². The predicted octanol–water partition coefficient (Wildman–Crippen LogP) is 3.15. The van der Waals surface area contributed by atoms with E-state index in [4.69, 9.17) is 15.2 Å². The highest BCUT2D eigenvalue weighted by molar-refractivity contribution is 5.29. The van der Waals surface area contributed by atoms with E-state index in [1.165, 1.54) is 0 Å². The molecule has 0 aromatic heterocycles. The van der Waals surface area contributed by atoms with Crippen molar-refractivity contribution in [1.82, 2.24) is 0 Å². The fourth-order valence-corrected chi connectivity index (χ4v) is 2.03. The van der Waals surface area contributed by atoms with Crippen LogP contribution in [0.4, 0.5) is 0 Å². The molecule has 102 valence electrons. The van der Waals surface area contributed by atoms with E-state index < -0.39 is 0 Å². The minimum absolute atomic E-state index is 0.0346. The molecular weight excluding hydrogens is 226 g/mol. The van der Waals surface area contributed by atoms with Gasteiger partial charge in [-0.15, -0.1) is 0 Å². The van der Waals surface area contributed by atoms with Crippen molar-refractivity contribution in [3.05, 3.63) is 29.8 Å². The van der Waals surface area contributed by atoms with Gasteiger partial charge in [0.1, 0.15) is 5.75 Å². The average Bonchev–Trinajstić information content (AvgIpc) is 2.37. The molecule has 0 saturated heterocycles. The minimum atomic E-state index is -0.102. The highest BCUT2D eigenvalue weighted by atomic mass is 16.5. The third kappa shape index (κ3) is 4.00. The van der Waals surface area contributed by atoms with Crippen molar-refractivity contribution in [3.63, 3.8) is 0 Å². The summed E-state index contributed by atoms with van der Waals surface area (Å²) in [6, 6.07) is 7.87. The van der Waals surface area contributed by atoms with Crippen LogP contribution in [-0.2, 0) is 4.74 Å². The second kappa shape index (κ2) is 7.39. The monoisotopic (exact) mass is 251 g/mol. The summed E-state index contributed by atoms with van der Waals surface area (Å²) in [7, 11) is 1.71. The Labute approximate surface area is 110 Å². The van der Waals surface area contributed by atoms with Crippen LogP contribution in [-0.4, -0.2) is 19.8 Å². The van der Waals surface area contributed by atoms with E-state index in [9.17, 15) is 0 Å². The molecule has 2 unspecified atom stereocenters. The largest absolute Gasteiger partial charge is 0.494 e. The van der Waals surface area contributed by atoms with Gasteiger partial charge in [0.15, 0.2) is 0 Å². The lowest BCUT2D eigenvalue weighted by Gasteiger charge is -2.26. The molecule has 2 atom stereocenters. The zero-order valence-corrected chi connectivity index (χ0v) is 11.8. The van der Waals surface area contributed by atoms with Gasteiger partial charge in [-0.1, -0.05) is 32.9 Å². The molecule has 1 aromatic rings. The first-order chi connectivity index (χ1) is 8.60. The number of rotatable bonds is 7. The smallest absolute Gasteiger partial charge is 0.119 e. The SMILES string of the molecule is CCCOc1ccc(C(N)C(OC)C(C)C)cc1. The summed E-state index contributed by atoms with van der Waals surface area (Å²) in [6.45, 7) is 7.08. The third-order valence-electron chi connectivity index (χ3n) is 3.02.